The first-order valence-corrected chi connectivity index (χ1v) is 17.3. The Morgan fingerprint density at radius 3 is 1.85 bits per heavy atom. The minimum Gasteiger partial charge on any atom is -0.456 e. The number of pyridine rings is 1. The van der Waals surface area contributed by atoms with Gasteiger partial charge in [-0.1, -0.05) is 103 Å². The summed E-state index contributed by atoms with van der Waals surface area (Å²) >= 11 is 0. The summed E-state index contributed by atoms with van der Waals surface area (Å²) in [6.07, 6.45) is 3.59. The van der Waals surface area contributed by atoms with Crippen LogP contribution in [0.3, 0.4) is 0 Å². The first-order chi connectivity index (χ1) is 25.8. The molecule has 0 aliphatic rings. The Labute approximate surface area is 297 Å². The lowest BCUT2D eigenvalue weighted by atomic mass is 10.00. The van der Waals surface area contributed by atoms with E-state index in [0.29, 0.717) is 17.5 Å². The van der Waals surface area contributed by atoms with Gasteiger partial charge in [-0.25, -0.2) is 15.0 Å². The molecule has 0 saturated heterocycles. The normalized spacial score (nSPS) is 11.8. The molecule has 4 aromatic heterocycles. The maximum atomic E-state index is 6.27. The summed E-state index contributed by atoms with van der Waals surface area (Å²) in [7, 11) is 0. The number of para-hydroxylation sites is 3. The molecule has 7 aromatic carbocycles. The van der Waals surface area contributed by atoms with E-state index in [1.165, 1.54) is 26.9 Å². The van der Waals surface area contributed by atoms with Gasteiger partial charge in [0.25, 0.3) is 0 Å². The minimum atomic E-state index is 0.565. The molecule has 6 heteroatoms. The molecule has 0 bridgehead atoms. The second kappa shape index (κ2) is 11.2. The van der Waals surface area contributed by atoms with Crippen molar-refractivity contribution in [2.45, 2.75) is 0 Å². The second-order valence-corrected chi connectivity index (χ2v) is 13.1. The molecule has 6 nitrogen and oxygen atoms in total. The van der Waals surface area contributed by atoms with Crippen molar-refractivity contribution in [2.75, 3.05) is 0 Å². The molecule has 11 rings (SSSR count). The molecule has 0 radical (unpaired) electrons. The van der Waals surface area contributed by atoms with Crippen LogP contribution in [0.15, 0.2) is 168 Å². The minimum absolute atomic E-state index is 0.565. The van der Waals surface area contributed by atoms with Gasteiger partial charge in [0, 0.05) is 50.6 Å². The van der Waals surface area contributed by atoms with Crippen LogP contribution in [0.4, 0.5) is 0 Å². The highest BCUT2D eigenvalue weighted by atomic mass is 16.3. The van der Waals surface area contributed by atoms with E-state index < -0.39 is 0 Å². The van der Waals surface area contributed by atoms with Crippen LogP contribution in [0.25, 0.3) is 105 Å². The quantitative estimate of drug-likeness (QED) is 0.175. The highest BCUT2D eigenvalue weighted by Gasteiger charge is 2.20. The van der Waals surface area contributed by atoms with Gasteiger partial charge in [-0.15, -0.1) is 0 Å². The topological polar surface area (TPSA) is 69.6 Å². The van der Waals surface area contributed by atoms with Gasteiger partial charge in [-0.3, -0.25) is 4.98 Å². The lowest BCUT2D eigenvalue weighted by molar-refractivity contribution is 0.668. The van der Waals surface area contributed by atoms with Crippen LogP contribution in [0.1, 0.15) is 0 Å². The molecule has 0 aliphatic carbocycles. The Bertz CT molecular complexity index is 3160. The Morgan fingerprint density at radius 2 is 1.04 bits per heavy atom. The van der Waals surface area contributed by atoms with Crippen molar-refractivity contribution >= 4 is 65.3 Å². The molecule has 0 atom stereocenters. The fraction of sp³-hybridized carbons (Fsp3) is 0. The Balaban J connectivity index is 1.17. The van der Waals surface area contributed by atoms with Crippen LogP contribution in [0.5, 0.6) is 0 Å². The summed E-state index contributed by atoms with van der Waals surface area (Å²) < 4.78 is 8.59. The SMILES string of the molecule is c1ccc(-n2c3ccccc3c3ccccc32)c(-c2nc(-c3ccc4c(c3)oc3ccncc34)nc(-c3ccc4ccc5ccccc5c4c3)n2)c1. The Kier molecular flexibility index (Phi) is 6.15. The highest BCUT2D eigenvalue weighted by molar-refractivity contribution is 6.10. The molecule has 0 amide bonds. The number of aromatic nitrogens is 5. The summed E-state index contributed by atoms with van der Waals surface area (Å²) in [5, 5.41) is 9.08. The molecule has 0 fully saturated rings. The van der Waals surface area contributed by atoms with Crippen molar-refractivity contribution in [3.8, 4) is 39.9 Å². The van der Waals surface area contributed by atoms with Gasteiger partial charge in [-0.05, 0) is 70.1 Å². The van der Waals surface area contributed by atoms with Crippen LogP contribution in [-0.4, -0.2) is 24.5 Å². The summed E-state index contributed by atoms with van der Waals surface area (Å²) in [5.74, 6) is 1.75. The molecule has 11 aromatic rings. The lowest BCUT2D eigenvalue weighted by Gasteiger charge is -2.14. The van der Waals surface area contributed by atoms with Crippen molar-refractivity contribution in [2.24, 2.45) is 0 Å². The third-order valence-corrected chi connectivity index (χ3v) is 10.1. The molecular formula is C46H27N5O. The average molecular weight is 666 g/mol. The van der Waals surface area contributed by atoms with Crippen LogP contribution >= 0.6 is 0 Å². The van der Waals surface area contributed by atoms with Crippen LogP contribution in [0, 0.1) is 0 Å². The monoisotopic (exact) mass is 665 g/mol. The van der Waals surface area contributed by atoms with E-state index in [0.717, 1.165) is 60.7 Å². The molecule has 0 saturated carbocycles. The largest absolute Gasteiger partial charge is 0.456 e. The van der Waals surface area contributed by atoms with Gasteiger partial charge in [0.1, 0.15) is 11.2 Å². The molecule has 52 heavy (non-hydrogen) atoms. The van der Waals surface area contributed by atoms with E-state index in [2.05, 4.69) is 143 Å². The van der Waals surface area contributed by atoms with Gasteiger partial charge < -0.3 is 8.98 Å². The first kappa shape index (κ1) is 28.6. The fourth-order valence-corrected chi connectivity index (χ4v) is 7.70. The summed E-state index contributed by atoms with van der Waals surface area (Å²) in [4.78, 5) is 19.9. The van der Waals surface area contributed by atoms with E-state index in [-0.39, 0.29) is 0 Å². The van der Waals surface area contributed by atoms with Gasteiger partial charge in [0.2, 0.25) is 0 Å². The molecule has 242 valence electrons. The predicted molar refractivity (Wildman–Crippen MR) is 211 cm³/mol. The molecule has 0 N–H and O–H groups in total. The van der Waals surface area contributed by atoms with E-state index in [9.17, 15) is 0 Å². The first-order valence-electron chi connectivity index (χ1n) is 17.3. The molecule has 0 unspecified atom stereocenters. The number of fused-ring (bicyclic) bond motifs is 9. The van der Waals surface area contributed by atoms with Gasteiger partial charge in [0.05, 0.1) is 16.7 Å². The smallest absolute Gasteiger partial charge is 0.166 e. The summed E-state index contributed by atoms with van der Waals surface area (Å²) in [5.41, 5.74) is 7.45. The number of furan rings is 1. The van der Waals surface area contributed by atoms with E-state index in [4.69, 9.17) is 19.4 Å². The van der Waals surface area contributed by atoms with Gasteiger partial charge in [0.15, 0.2) is 17.5 Å². The van der Waals surface area contributed by atoms with Crippen LogP contribution in [0.2, 0.25) is 0 Å². The number of benzene rings is 7. The van der Waals surface area contributed by atoms with Crippen LogP contribution in [-0.2, 0) is 0 Å². The summed E-state index contributed by atoms with van der Waals surface area (Å²) in [6.45, 7) is 0. The zero-order valence-electron chi connectivity index (χ0n) is 27.7. The fourth-order valence-electron chi connectivity index (χ4n) is 7.70. The zero-order chi connectivity index (χ0) is 34.2. The van der Waals surface area contributed by atoms with Crippen molar-refractivity contribution in [3.63, 3.8) is 0 Å². The molecule has 0 spiro atoms. The maximum Gasteiger partial charge on any atom is 0.166 e. The molecule has 4 heterocycles. The van der Waals surface area contributed by atoms with Crippen molar-refractivity contribution < 1.29 is 4.42 Å². The van der Waals surface area contributed by atoms with Gasteiger partial charge >= 0.3 is 0 Å². The zero-order valence-corrected chi connectivity index (χ0v) is 27.7. The number of rotatable bonds is 4. The van der Waals surface area contributed by atoms with Crippen molar-refractivity contribution in [3.05, 3.63) is 164 Å². The Morgan fingerprint density at radius 1 is 0.423 bits per heavy atom. The predicted octanol–water partition coefficient (Wildman–Crippen LogP) is 11.6. The third-order valence-electron chi connectivity index (χ3n) is 10.1. The summed E-state index contributed by atoms with van der Waals surface area (Å²) in [6, 6.07) is 52.8. The van der Waals surface area contributed by atoms with Crippen molar-refractivity contribution in [1.82, 2.24) is 24.5 Å². The van der Waals surface area contributed by atoms with E-state index in [1.54, 1.807) is 6.20 Å². The maximum absolute atomic E-state index is 6.27. The average Bonchev–Trinajstić information content (AvgIpc) is 3.76. The highest BCUT2D eigenvalue weighted by Crippen LogP contribution is 2.37. The standard InChI is InChI=1S/C46H27N5O/c1-2-10-32-28(9-1)17-18-29-19-20-30(25-37(29)32)44-48-45(31-21-22-35-38-27-47-24-23-42(38)52-43(35)26-31)50-46(49-44)36-13-5-8-16-41(36)51-39-14-6-3-11-33(39)34-12-4-7-15-40(34)51/h1-27H. The van der Waals surface area contributed by atoms with Crippen molar-refractivity contribution in [1.29, 1.82) is 0 Å². The third kappa shape index (κ3) is 4.38. The van der Waals surface area contributed by atoms with E-state index >= 15 is 0 Å². The lowest BCUT2D eigenvalue weighted by Crippen LogP contribution is -2.03. The molecule has 0 aliphatic heterocycles. The Hall–Kier alpha value is -7.18. The number of hydrogen-bond donors (Lipinski definition) is 0. The second-order valence-electron chi connectivity index (χ2n) is 13.1. The van der Waals surface area contributed by atoms with Gasteiger partial charge in [-0.2, -0.15) is 0 Å². The van der Waals surface area contributed by atoms with E-state index in [1.807, 2.05) is 24.4 Å². The number of hydrogen-bond acceptors (Lipinski definition) is 5. The van der Waals surface area contributed by atoms with Crippen LogP contribution < -0.4 is 0 Å². The molecular weight excluding hydrogens is 639 g/mol. The number of nitrogens with zero attached hydrogens (tertiary/aromatic N) is 5.